The van der Waals surface area contributed by atoms with E-state index < -0.39 is 52.5 Å². The Hall–Kier alpha value is -2.16. The highest BCUT2D eigenvalue weighted by atomic mass is 16.6. The molecule has 0 spiro atoms. The Morgan fingerprint density at radius 2 is 1.52 bits per heavy atom. The summed E-state index contributed by atoms with van der Waals surface area (Å²) in [5, 5.41) is 11.1. The topological polar surface area (TPSA) is 125 Å². The summed E-state index contributed by atoms with van der Waals surface area (Å²) in [5.74, 6) is 0.0649. The minimum Gasteiger partial charge on any atom is -0.463 e. The third-order valence-electron chi connectivity index (χ3n) is 13.7. The van der Waals surface area contributed by atoms with Gasteiger partial charge in [0.05, 0.1) is 29.5 Å². The van der Waals surface area contributed by atoms with Crippen LogP contribution < -0.4 is 0 Å². The molecule has 9 rings (SSSR count). The summed E-state index contributed by atoms with van der Waals surface area (Å²) in [7, 11) is 0. The van der Waals surface area contributed by atoms with Gasteiger partial charge in [-0.25, -0.2) is 4.79 Å². The van der Waals surface area contributed by atoms with E-state index in [1.54, 1.807) is 13.8 Å². The van der Waals surface area contributed by atoms with Gasteiger partial charge >= 0.3 is 23.9 Å². The zero-order valence-corrected chi connectivity index (χ0v) is 28.2. The smallest absolute Gasteiger partial charge is 0.347 e. The van der Waals surface area contributed by atoms with Crippen molar-refractivity contribution in [3.8, 4) is 0 Å². The van der Waals surface area contributed by atoms with Crippen LogP contribution in [0, 0.1) is 58.7 Å². The molecule has 8 bridgehead atoms. The third-order valence-corrected chi connectivity index (χ3v) is 13.7. The van der Waals surface area contributed by atoms with Gasteiger partial charge in [-0.2, -0.15) is 0 Å². The number of hydrogen-bond acceptors (Lipinski definition) is 9. The molecule has 46 heavy (non-hydrogen) atoms. The maximum atomic E-state index is 14.2. The van der Waals surface area contributed by atoms with E-state index in [0.717, 1.165) is 56.8 Å². The summed E-state index contributed by atoms with van der Waals surface area (Å²) in [4.78, 5) is 53.6. The lowest BCUT2D eigenvalue weighted by atomic mass is 9.50. The second-order valence-corrected chi connectivity index (χ2v) is 17.5. The Kier molecular flexibility index (Phi) is 8.28. The standard InChI is InChI=1S/C37H54O9/c1-5-23(32(39)46-36(4)27-11-20-8-21(13-27)14-28(36)12-20)15-26(17-35(2,3)34(41)44-29-6-7-43-33(29)40)31(38)45-30-24-9-22-10-25(30)19-37(42,16-22)18-24/h20-30,42H,5-19H2,1-4H3. The first-order valence-electron chi connectivity index (χ1n) is 18.3. The van der Waals surface area contributed by atoms with Crippen LogP contribution in [0.4, 0.5) is 0 Å². The molecule has 0 aromatic heterocycles. The van der Waals surface area contributed by atoms with Gasteiger partial charge in [0.1, 0.15) is 11.7 Å². The lowest BCUT2D eigenvalue weighted by Gasteiger charge is -2.59. The Morgan fingerprint density at radius 3 is 2.07 bits per heavy atom. The molecule has 9 heteroatoms. The van der Waals surface area contributed by atoms with Crippen LogP contribution in [0.2, 0.25) is 0 Å². The molecule has 0 radical (unpaired) electrons. The summed E-state index contributed by atoms with van der Waals surface area (Å²) >= 11 is 0. The fourth-order valence-electron chi connectivity index (χ4n) is 11.6. The lowest BCUT2D eigenvalue weighted by Crippen LogP contribution is -2.58. The number of esters is 4. The first kappa shape index (κ1) is 32.4. The van der Waals surface area contributed by atoms with E-state index in [9.17, 15) is 24.3 Å². The van der Waals surface area contributed by atoms with Gasteiger partial charge in [-0.1, -0.05) is 6.92 Å². The minimum atomic E-state index is -1.11. The van der Waals surface area contributed by atoms with Crippen molar-refractivity contribution in [3.63, 3.8) is 0 Å². The molecule has 9 fully saturated rings. The molecular weight excluding hydrogens is 588 g/mol. The number of ether oxygens (including phenoxy) is 4. The van der Waals surface area contributed by atoms with Gasteiger partial charge in [-0.05, 0) is 146 Å². The molecule has 1 saturated heterocycles. The van der Waals surface area contributed by atoms with Crippen LogP contribution in [0.5, 0.6) is 0 Å². The van der Waals surface area contributed by atoms with Crippen molar-refractivity contribution in [2.45, 2.75) is 141 Å². The Bertz CT molecular complexity index is 1200. The molecule has 5 unspecified atom stereocenters. The van der Waals surface area contributed by atoms with E-state index >= 15 is 0 Å². The summed E-state index contributed by atoms with van der Waals surface area (Å²) in [6.07, 6.45) is 9.92. The highest BCUT2D eigenvalue weighted by Crippen LogP contribution is 2.60. The Morgan fingerprint density at radius 1 is 0.891 bits per heavy atom. The van der Waals surface area contributed by atoms with E-state index in [-0.39, 0.29) is 43.4 Å². The van der Waals surface area contributed by atoms with Gasteiger partial charge in [-0.15, -0.1) is 0 Å². The predicted molar refractivity (Wildman–Crippen MR) is 166 cm³/mol. The molecule has 5 atom stereocenters. The van der Waals surface area contributed by atoms with Gasteiger partial charge < -0.3 is 24.1 Å². The second-order valence-electron chi connectivity index (χ2n) is 17.5. The first-order chi connectivity index (χ1) is 21.7. The molecule has 1 aliphatic heterocycles. The SMILES string of the molecule is CCC(CC(CC(C)(C)C(=O)OC1CCOC1=O)C(=O)OC1C2CC3CC1CC(O)(C3)C2)C(=O)OC1(C)C2CC3CC(C2)CC1C3. The molecule has 0 aromatic carbocycles. The Labute approximate surface area is 273 Å². The lowest BCUT2D eigenvalue weighted by molar-refractivity contribution is -0.209. The fourth-order valence-corrected chi connectivity index (χ4v) is 11.6. The quantitative estimate of drug-likeness (QED) is 0.229. The summed E-state index contributed by atoms with van der Waals surface area (Å²) < 4.78 is 23.4. The highest BCUT2D eigenvalue weighted by molar-refractivity contribution is 5.83. The molecule has 9 aliphatic rings. The molecule has 1 N–H and O–H groups in total. The van der Waals surface area contributed by atoms with E-state index in [1.165, 1.54) is 6.42 Å². The average Bonchev–Trinajstić information content (AvgIpc) is 3.38. The van der Waals surface area contributed by atoms with E-state index in [0.29, 0.717) is 43.4 Å². The molecule has 0 amide bonds. The van der Waals surface area contributed by atoms with Gasteiger partial charge in [0.15, 0.2) is 0 Å². The maximum absolute atomic E-state index is 14.2. The third kappa shape index (κ3) is 5.89. The van der Waals surface area contributed by atoms with Crippen molar-refractivity contribution in [1.82, 2.24) is 0 Å². The summed E-state index contributed by atoms with van der Waals surface area (Å²) in [6, 6.07) is 0. The van der Waals surface area contributed by atoms with Crippen LogP contribution in [-0.2, 0) is 38.1 Å². The molecule has 256 valence electrons. The number of hydrogen-bond donors (Lipinski definition) is 1. The summed E-state index contributed by atoms with van der Waals surface area (Å²) in [5.41, 5.74) is -2.22. The average molecular weight is 643 g/mol. The van der Waals surface area contributed by atoms with Crippen LogP contribution in [0.25, 0.3) is 0 Å². The molecule has 1 heterocycles. The second kappa shape index (κ2) is 11.8. The predicted octanol–water partition coefficient (Wildman–Crippen LogP) is 5.53. The van der Waals surface area contributed by atoms with Crippen molar-refractivity contribution in [3.05, 3.63) is 0 Å². The molecule has 9 nitrogen and oxygen atoms in total. The first-order valence-corrected chi connectivity index (χ1v) is 18.3. The van der Waals surface area contributed by atoms with Gasteiger partial charge in [0.25, 0.3) is 0 Å². The highest BCUT2D eigenvalue weighted by Gasteiger charge is 2.58. The van der Waals surface area contributed by atoms with Crippen molar-refractivity contribution < 1.29 is 43.2 Å². The van der Waals surface area contributed by atoms with E-state index in [2.05, 4.69) is 6.92 Å². The molecule has 0 aromatic rings. The van der Waals surface area contributed by atoms with Crippen LogP contribution in [-0.4, -0.2) is 59.0 Å². The number of cyclic esters (lactones) is 1. The normalized spacial score (nSPS) is 43.2. The van der Waals surface area contributed by atoms with Crippen molar-refractivity contribution in [1.29, 1.82) is 0 Å². The van der Waals surface area contributed by atoms with Crippen LogP contribution in [0.3, 0.4) is 0 Å². The minimum absolute atomic E-state index is 0.122. The summed E-state index contributed by atoms with van der Waals surface area (Å²) in [6.45, 7) is 7.77. The molecule has 8 aliphatic carbocycles. The van der Waals surface area contributed by atoms with E-state index in [1.807, 2.05) is 6.92 Å². The van der Waals surface area contributed by atoms with Crippen LogP contribution in [0.15, 0.2) is 0 Å². The zero-order chi connectivity index (χ0) is 32.6. The number of aliphatic hydroxyl groups is 1. The van der Waals surface area contributed by atoms with Crippen molar-refractivity contribution in [2.24, 2.45) is 58.7 Å². The molecule has 8 saturated carbocycles. The van der Waals surface area contributed by atoms with E-state index in [4.69, 9.17) is 18.9 Å². The number of carbonyl (C=O) groups excluding carboxylic acids is 4. The number of carbonyl (C=O) groups is 4. The largest absolute Gasteiger partial charge is 0.463 e. The van der Waals surface area contributed by atoms with Gasteiger partial charge in [-0.3, -0.25) is 14.4 Å². The monoisotopic (exact) mass is 642 g/mol. The van der Waals surface area contributed by atoms with Crippen molar-refractivity contribution >= 4 is 23.9 Å². The van der Waals surface area contributed by atoms with Gasteiger partial charge in [0.2, 0.25) is 6.10 Å². The Balaban J connectivity index is 1.07. The zero-order valence-electron chi connectivity index (χ0n) is 28.2. The van der Waals surface area contributed by atoms with Crippen LogP contribution in [0.1, 0.15) is 118 Å². The van der Waals surface area contributed by atoms with Crippen molar-refractivity contribution in [2.75, 3.05) is 6.61 Å². The van der Waals surface area contributed by atoms with Gasteiger partial charge in [0, 0.05) is 6.42 Å². The maximum Gasteiger partial charge on any atom is 0.347 e. The molecular formula is C37H54O9. The van der Waals surface area contributed by atoms with Crippen LogP contribution >= 0.6 is 0 Å². The fraction of sp³-hybridized carbons (Fsp3) is 0.892. The number of rotatable bonds is 11.